The van der Waals surface area contributed by atoms with E-state index in [0.717, 1.165) is 18.9 Å². The highest BCUT2D eigenvalue weighted by atomic mass is 16.3. The summed E-state index contributed by atoms with van der Waals surface area (Å²) in [6, 6.07) is 0.679. The Balaban J connectivity index is 1.99. The molecule has 3 atom stereocenters. The average molecular weight is 211 g/mol. The molecule has 88 valence electrons. The summed E-state index contributed by atoms with van der Waals surface area (Å²) in [6.07, 6.45) is 5.02. The Bertz CT molecular complexity index is 239. The van der Waals surface area contributed by atoms with Crippen molar-refractivity contribution in [2.24, 2.45) is 16.7 Å². The van der Waals surface area contributed by atoms with Gasteiger partial charge >= 0.3 is 0 Å². The predicted molar refractivity (Wildman–Crippen MR) is 62.7 cm³/mol. The molecule has 0 heterocycles. The second-order valence-corrected chi connectivity index (χ2v) is 6.19. The lowest BCUT2D eigenvalue weighted by atomic mass is 9.69. The maximum atomic E-state index is 8.80. The van der Waals surface area contributed by atoms with Crippen LogP contribution in [0, 0.1) is 16.7 Å². The normalized spacial score (nSPS) is 42.4. The first-order chi connectivity index (χ1) is 7.02. The Labute approximate surface area is 93.5 Å². The average Bonchev–Trinajstić information content (AvgIpc) is 2.51. The Kier molecular flexibility index (Phi) is 2.85. The minimum atomic E-state index is 0.309. The third kappa shape index (κ3) is 1.53. The monoisotopic (exact) mass is 211 g/mol. The van der Waals surface area contributed by atoms with E-state index in [0.29, 0.717) is 23.5 Å². The summed E-state index contributed by atoms with van der Waals surface area (Å²) < 4.78 is 0. The predicted octanol–water partition coefficient (Wildman–Crippen LogP) is 2.17. The van der Waals surface area contributed by atoms with Gasteiger partial charge in [-0.2, -0.15) is 0 Å². The first-order valence-electron chi connectivity index (χ1n) is 6.36. The molecule has 0 aromatic carbocycles. The molecule has 2 heteroatoms. The molecule has 0 aromatic rings. The van der Waals surface area contributed by atoms with Gasteiger partial charge in [0.15, 0.2) is 0 Å². The molecule has 0 unspecified atom stereocenters. The summed E-state index contributed by atoms with van der Waals surface area (Å²) in [5.74, 6) is 0.911. The maximum absolute atomic E-state index is 8.80. The zero-order valence-corrected chi connectivity index (χ0v) is 10.3. The Morgan fingerprint density at radius 1 is 1.33 bits per heavy atom. The summed E-state index contributed by atoms with van der Waals surface area (Å²) in [5, 5.41) is 12.4. The van der Waals surface area contributed by atoms with E-state index in [4.69, 9.17) is 5.11 Å². The maximum Gasteiger partial charge on any atom is 0.0443 e. The van der Waals surface area contributed by atoms with Crippen molar-refractivity contribution >= 4 is 0 Å². The zero-order valence-electron chi connectivity index (χ0n) is 10.3. The second kappa shape index (κ2) is 3.74. The molecule has 2 rings (SSSR count). The third-order valence-corrected chi connectivity index (χ3v) is 5.52. The topological polar surface area (TPSA) is 32.3 Å². The van der Waals surface area contributed by atoms with Gasteiger partial charge in [0.2, 0.25) is 0 Å². The van der Waals surface area contributed by atoms with Crippen molar-refractivity contribution in [2.45, 2.75) is 52.5 Å². The minimum absolute atomic E-state index is 0.309. The molecule has 0 amide bonds. The number of hydrogen-bond acceptors (Lipinski definition) is 2. The van der Waals surface area contributed by atoms with Crippen LogP contribution in [0.2, 0.25) is 0 Å². The van der Waals surface area contributed by atoms with Crippen molar-refractivity contribution in [3.05, 3.63) is 0 Å². The summed E-state index contributed by atoms with van der Waals surface area (Å²) in [6.45, 7) is 8.62. The van der Waals surface area contributed by atoms with Crippen LogP contribution in [0.25, 0.3) is 0 Å². The van der Waals surface area contributed by atoms with Gasteiger partial charge in [0.05, 0.1) is 0 Å². The van der Waals surface area contributed by atoms with E-state index < -0.39 is 0 Å². The van der Waals surface area contributed by atoms with Crippen LogP contribution in [-0.2, 0) is 0 Å². The molecule has 0 spiro atoms. The molecular formula is C13H25NO. The molecule has 0 saturated heterocycles. The highest BCUT2D eigenvalue weighted by Crippen LogP contribution is 2.65. The van der Waals surface area contributed by atoms with Crippen LogP contribution in [0.3, 0.4) is 0 Å². The molecule has 15 heavy (non-hydrogen) atoms. The van der Waals surface area contributed by atoms with Gasteiger partial charge in [-0.15, -0.1) is 0 Å². The number of hydrogen-bond donors (Lipinski definition) is 2. The molecule has 2 nitrogen and oxygen atoms in total. The van der Waals surface area contributed by atoms with Crippen LogP contribution >= 0.6 is 0 Å². The zero-order chi connectivity index (χ0) is 11.1. The van der Waals surface area contributed by atoms with Crippen molar-refractivity contribution in [2.75, 3.05) is 13.2 Å². The summed E-state index contributed by atoms with van der Waals surface area (Å²) in [5.41, 5.74) is 0.983. The smallest absolute Gasteiger partial charge is 0.0443 e. The van der Waals surface area contributed by atoms with Crippen LogP contribution in [0.15, 0.2) is 0 Å². The summed E-state index contributed by atoms with van der Waals surface area (Å²) >= 11 is 0. The highest BCUT2D eigenvalue weighted by Gasteiger charge is 2.60. The van der Waals surface area contributed by atoms with Crippen molar-refractivity contribution < 1.29 is 5.11 Å². The summed E-state index contributed by atoms with van der Waals surface area (Å²) in [7, 11) is 0. The molecule has 0 aliphatic heterocycles. The fourth-order valence-corrected chi connectivity index (χ4v) is 3.87. The fraction of sp³-hybridized carbons (Fsp3) is 1.00. The van der Waals surface area contributed by atoms with E-state index in [9.17, 15) is 0 Å². The Hall–Kier alpha value is -0.0800. The van der Waals surface area contributed by atoms with Crippen LogP contribution in [-0.4, -0.2) is 24.3 Å². The molecule has 0 radical (unpaired) electrons. The SMILES string of the molecule is CC1(C)[C@H]2CC[C@@]1(C)[C@H](NCCCO)C2. The van der Waals surface area contributed by atoms with Crippen molar-refractivity contribution in [1.29, 1.82) is 0 Å². The van der Waals surface area contributed by atoms with Crippen molar-refractivity contribution in [3.63, 3.8) is 0 Å². The molecule has 2 aliphatic rings. The van der Waals surface area contributed by atoms with Gasteiger partial charge in [0.25, 0.3) is 0 Å². The van der Waals surface area contributed by atoms with E-state index in [-0.39, 0.29) is 0 Å². The minimum Gasteiger partial charge on any atom is -0.396 e. The summed E-state index contributed by atoms with van der Waals surface area (Å²) in [4.78, 5) is 0. The van der Waals surface area contributed by atoms with Gasteiger partial charge in [0.1, 0.15) is 0 Å². The molecule has 2 N–H and O–H groups in total. The lowest BCUT2D eigenvalue weighted by molar-refractivity contribution is 0.120. The second-order valence-electron chi connectivity index (χ2n) is 6.19. The van der Waals surface area contributed by atoms with E-state index in [2.05, 4.69) is 26.1 Å². The quantitative estimate of drug-likeness (QED) is 0.699. The highest BCUT2D eigenvalue weighted by molar-refractivity contribution is 5.12. The first-order valence-corrected chi connectivity index (χ1v) is 6.36. The van der Waals surface area contributed by atoms with Gasteiger partial charge in [-0.25, -0.2) is 0 Å². The molecule has 2 bridgehead atoms. The van der Waals surface area contributed by atoms with Gasteiger partial charge < -0.3 is 10.4 Å². The van der Waals surface area contributed by atoms with Gasteiger partial charge in [0, 0.05) is 12.6 Å². The number of aliphatic hydroxyl groups excluding tert-OH is 1. The van der Waals surface area contributed by atoms with Gasteiger partial charge in [-0.1, -0.05) is 20.8 Å². The standard InChI is InChI=1S/C13H25NO/c1-12(2)10-5-6-13(12,3)11(9-10)14-7-4-8-15/h10-11,14-15H,4-9H2,1-3H3/t10-,11+,13-/m0/s1. The van der Waals surface area contributed by atoms with Gasteiger partial charge in [-0.3, -0.25) is 0 Å². The Morgan fingerprint density at radius 3 is 2.53 bits per heavy atom. The van der Waals surface area contributed by atoms with E-state index in [1.165, 1.54) is 19.3 Å². The van der Waals surface area contributed by atoms with Crippen molar-refractivity contribution in [3.8, 4) is 0 Å². The van der Waals surface area contributed by atoms with Crippen LogP contribution in [0.5, 0.6) is 0 Å². The molecule has 0 aromatic heterocycles. The molecular weight excluding hydrogens is 186 g/mol. The largest absolute Gasteiger partial charge is 0.396 e. The van der Waals surface area contributed by atoms with E-state index in [1.54, 1.807) is 0 Å². The van der Waals surface area contributed by atoms with E-state index in [1.807, 2.05) is 0 Å². The number of aliphatic hydroxyl groups is 1. The number of nitrogens with one attached hydrogen (secondary N) is 1. The lowest BCUT2D eigenvalue weighted by Crippen LogP contribution is -2.44. The van der Waals surface area contributed by atoms with Crippen LogP contribution in [0.4, 0.5) is 0 Å². The first kappa shape index (κ1) is 11.4. The fourth-order valence-electron chi connectivity index (χ4n) is 3.87. The number of rotatable bonds is 4. The third-order valence-electron chi connectivity index (χ3n) is 5.52. The molecule has 2 fully saturated rings. The van der Waals surface area contributed by atoms with Crippen LogP contribution < -0.4 is 5.32 Å². The molecule has 2 saturated carbocycles. The Morgan fingerprint density at radius 2 is 2.07 bits per heavy atom. The van der Waals surface area contributed by atoms with Crippen LogP contribution in [0.1, 0.15) is 46.5 Å². The van der Waals surface area contributed by atoms with Gasteiger partial charge in [-0.05, 0) is 49.0 Å². The van der Waals surface area contributed by atoms with E-state index >= 15 is 0 Å². The van der Waals surface area contributed by atoms with Crippen molar-refractivity contribution in [1.82, 2.24) is 5.32 Å². The molecule has 2 aliphatic carbocycles. The number of fused-ring (bicyclic) bond motifs is 2. The lowest BCUT2D eigenvalue weighted by Gasteiger charge is -2.39.